The summed E-state index contributed by atoms with van der Waals surface area (Å²) >= 11 is 0. The van der Waals surface area contributed by atoms with Crippen LogP contribution in [-0.4, -0.2) is 66.8 Å². The van der Waals surface area contributed by atoms with E-state index in [0.29, 0.717) is 0 Å². The lowest BCUT2D eigenvalue weighted by atomic mass is 10.0. The molecule has 0 spiro atoms. The van der Waals surface area contributed by atoms with Crippen LogP contribution in [0.3, 0.4) is 0 Å². The molecule has 0 fully saturated rings. The van der Waals surface area contributed by atoms with E-state index < -0.39 is 37.3 Å². The molecule has 0 heterocycles. The lowest BCUT2D eigenvalue weighted by Gasteiger charge is -2.26. The van der Waals surface area contributed by atoms with Gasteiger partial charge in [0.2, 0.25) is 0 Å². The van der Waals surface area contributed by atoms with E-state index in [0.717, 1.165) is 0 Å². The van der Waals surface area contributed by atoms with E-state index in [9.17, 15) is 9.90 Å². The number of rotatable bonds is 7. The molecule has 3 N–H and O–H groups in total. The molecule has 0 bridgehead atoms. The molecule has 0 saturated heterocycles. The van der Waals surface area contributed by atoms with Crippen molar-refractivity contribution >= 4 is 5.78 Å². The van der Waals surface area contributed by atoms with Crippen LogP contribution < -0.4 is 0 Å². The van der Waals surface area contributed by atoms with Gasteiger partial charge in [-0.3, -0.25) is 4.79 Å². The van der Waals surface area contributed by atoms with Crippen LogP contribution in [0.2, 0.25) is 0 Å². The van der Waals surface area contributed by atoms with E-state index in [1.165, 1.54) is 14.2 Å². The lowest BCUT2D eigenvalue weighted by Crippen LogP contribution is -2.47. The first-order valence-electron chi connectivity index (χ1n) is 4.10. The number of aliphatic hydroxyl groups excluding tert-OH is 3. The van der Waals surface area contributed by atoms with Crippen LogP contribution in [0.1, 0.15) is 0 Å². The minimum absolute atomic E-state index is 0.545. The van der Waals surface area contributed by atoms with Crippen molar-refractivity contribution in [1.29, 1.82) is 0 Å². The first kappa shape index (κ1) is 13.5. The minimum atomic E-state index is -1.22. The van der Waals surface area contributed by atoms with E-state index in [2.05, 4.69) is 0 Å². The highest BCUT2D eigenvalue weighted by atomic mass is 16.5. The Hall–Kier alpha value is -0.530. The molecule has 0 amide bonds. The first-order valence-corrected chi connectivity index (χ1v) is 4.10. The van der Waals surface area contributed by atoms with Gasteiger partial charge >= 0.3 is 0 Å². The molecule has 0 aromatic rings. The summed E-state index contributed by atoms with van der Waals surface area (Å²) in [5.41, 5.74) is 0. The number of carbonyl (C=O) groups is 1. The topological polar surface area (TPSA) is 96.2 Å². The molecule has 14 heavy (non-hydrogen) atoms. The summed E-state index contributed by atoms with van der Waals surface area (Å²) in [5, 5.41) is 26.6. The van der Waals surface area contributed by atoms with E-state index >= 15 is 0 Å². The van der Waals surface area contributed by atoms with E-state index in [1.807, 2.05) is 0 Å². The molecule has 6 nitrogen and oxygen atoms in total. The van der Waals surface area contributed by atoms with Gasteiger partial charge < -0.3 is 24.8 Å². The molecule has 0 aliphatic carbocycles. The number of methoxy groups -OCH3 is 2. The van der Waals surface area contributed by atoms with E-state index in [4.69, 9.17) is 19.7 Å². The summed E-state index contributed by atoms with van der Waals surface area (Å²) in [7, 11) is 2.54. The summed E-state index contributed by atoms with van der Waals surface area (Å²) in [6.45, 7) is -1.24. The molecule has 0 aliphatic rings. The second-order valence-electron chi connectivity index (χ2n) is 2.73. The van der Waals surface area contributed by atoms with Gasteiger partial charge in [-0.1, -0.05) is 0 Å². The zero-order chi connectivity index (χ0) is 11.1. The number of carbonyl (C=O) groups excluding carboxylic acids is 1. The molecule has 0 aromatic carbocycles. The fourth-order valence-electron chi connectivity index (χ4n) is 1.13. The molecule has 0 aromatic heterocycles. The highest BCUT2D eigenvalue weighted by molar-refractivity contribution is 5.84. The maximum atomic E-state index is 11.1. The Kier molecular flexibility index (Phi) is 6.60. The van der Waals surface area contributed by atoms with Gasteiger partial charge in [0.15, 0.2) is 5.78 Å². The van der Waals surface area contributed by atoms with Gasteiger partial charge in [-0.2, -0.15) is 0 Å². The Morgan fingerprint density at radius 2 is 1.86 bits per heavy atom. The average molecular weight is 208 g/mol. The highest BCUT2D eigenvalue weighted by Crippen LogP contribution is 2.08. The zero-order valence-corrected chi connectivity index (χ0v) is 8.21. The molecule has 0 rings (SSSR count). The van der Waals surface area contributed by atoms with Gasteiger partial charge in [-0.05, 0) is 0 Å². The standard InChI is InChI=1S/C8H16O6/c1-13-7(5(11)3-9)8(14-2)6(12)4-10/h5,7-11H,3-4H2,1-2H3/t5-,7-,8-/m1/s1. The van der Waals surface area contributed by atoms with Crippen LogP contribution in [0.5, 0.6) is 0 Å². The molecular weight excluding hydrogens is 192 g/mol. The van der Waals surface area contributed by atoms with Crippen molar-refractivity contribution in [2.24, 2.45) is 0 Å². The fourth-order valence-corrected chi connectivity index (χ4v) is 1.13. The third-order valence-corrected chi connectivity index (χ3v) is 1.86. The van der Waals surface area contributed by atoms with Gasteiger partial charge in [-0.25, -0.2) is 0 Å². The average Bonchev–Trinajstić information content (AvgIpc) is 2.23. The van der Waals surface area contributed by atoms with Crippen molar-refractivity contribution in [2.75, 3.05) is 27.4 Å². The normalized spacial score (nSPS) is 17.5. The number of ether oxygens (including phenoxy) is 2. The molecule has 0 aliphatic heterocycles. The van der Waals surface area contributed by atoms with Crippen molar-refractivity contribution in [1.82, 2.24) is 0 Å². The zero-order valence-electron chi connectivity index (χ0n) is 8.21. The number of ketones is 1. The molecule has 6 heteroatoms. The van der Waals surface area contributed by atoms with Gasteiger partial charge in [0, 0.05) is 14.2 Å². The first-order chi connectivity index (χ1) is 6.62. The summed E-state index contributed by atoms with van der Waals surface area (Å²) in [4.78, 5) is 11.1. The van der Waals surface area contributed by atoms with Crippen molar-refractivity contribution in [3.05, 3.63) is 0 Å². The number of aliphatic hydroxyl groups is 3. The van der Waals surface area contributed by atoms with Crippen LogP contribution >= 0.6 is 0 Å². The van der Waals surface area contributed by atoms with E-state index in [-0.39, 0.29) is 0 Å². The third kappa shape index (κ3) is 3.32. The van der Waals surface area contributed by atoms with Crippen molar-refractivity contribution in [3.8, 4) is 0 Å². The quantitative estimate of drug-likeness (QED) is 0.445. The lowest BCUT2D eigenvalue weighted by molar-refractivity contribution is -0.150. The van der Waals surface area contributed by atoms with Crippen molar-refractivity contribution in [2.45, 2.75) is 18.3 Å². The maximum Gasteiger partial charge on any atom is 0.189 e. The monoisotopic (exact) mass is 208 g/mol. The molecule has 0 saturated carbocycles. The van der Waals surface area contributed by atoms with Crippen LogP contribution in [0.25, 0.3) is 0 Å². The molecule has 0 unspecified atom stereocenters. The number of Topliss-reactive ketones (excluding diaryl/α,β-unsaturated/α-hetero) is 1. The number of hydrogen-bond donors (Lipinski definition) is 3. The Morgan fingerprint density at radius 3 is 2.14 bits per heavy atom. The summed E-state index contributed by atoms with van der Waals surface area (Å²) in [6.07, 6.45) is -3.28. The second-order valence-corrected chi connectivity index (χ2v) is 2.73. The second kappa shape index (κ2) is 6.86. The van der Waals surface area contributed by atoms with Crippen LogP contribution in [0.4, 0.5) is 0 Å². The minimum Gasteiger partial charge on any atom is -0.394 e. The van der Waals surface area contributed by atoms with Crippen LogP contribution in [0, 0.1) is 0 Å². The third-order valence-electron chi connectivity index (χ3n) is 1.86. The molecule has 0 radical (unpaired) electrons. The smallest absolute Gasteiger partial charge is 0.189 e. The van der Waals surface area contributed by atoms with Crippen LogP contribution in [-0.2, 0) is 14.3 Å². The van der Waals surface area contributed by atoms with E-state index in [1.54, 1.807) is 0 Å². The Labute approximate surface area is 82.1 Å². The largest absolute Gasteiger partial charge is 0.394 e. The van der Waals surface area contributed by atoms with Gasteiger partial charge in [0.25, 0.3) is 0 Å². The van der Waals surface area contributed by atoms with Gasteiger partial charge in [0.05, 0.1) is 6.61 Å². The SMILES string of the molecule is CO[C@H]([C@H](O)CO)[C@H](OC)C(=O)CO. The summed E-state index contributed by atoms with van der Waals surface area (Å²) < 4.78 is 9.59. The number of hydrogen-bond acceptors (Lipinski definition) is 6. The van der Waals surface area contributed by atoms with Crippen molar-refractivity contribution in [3.63, 3.8) is 0 Å². The maximum absolute atomic E-state index is 11.1. The predicted molar refractivity (Wildman–Crippen MR) is 46.8 cm³/mol. The van der Waals surface area contributed by atoms with Crippen LogP contribution in [0.15, 0.2) is 0 Å². The summed E-state index contributed by atoms with van der Waals surface area (Å²) in [5.74, 6) is -0.605. The highest BCUT2D eigenvalue weighted by Gasteiger charge is 2.32. The molecule has 84 valence electrons. The molecule has 3 atom stereocenters. The summed E-state index contributed by atoms with van der Waals surface area (Å²) in [6, 6.07) is 0. The van der Waals surface area contributed by atoms with Crippen molar-refractivity contribution < 1.29 is 29.6 Å². The Bertz CT molecular complexity index is 171. The fraction of sp³-hybridized carbons (Fsp3) is 0.875. The predicted octanol–water partition coefficient (Wildman–Crippen LogP) is -2.07. The van der Waals surface area contributed by atoms with Gasteiger partial charge in [-0.15, -0.1) is 0 Å². The van der Waals surface area contributed by atoms with Gasteiger partial charge in [0.1, 0.15) is 24.9 Å². The Balaban J connectivity index is 4.51. The Morgan fingerprint density at radius 1 is 1.29 bits per heavy atom. The molecular formula is C8H16O6.